The number of rotatable bonds is 8. The summed E-state index contributed by atoms with van der Waals surface area (Å²) in [4.78, 5) is 24.8. The molecule has 1 aliphatic rings. The molecule has 0 aliphatic heterocycles. The van der Waals surface area contributed by atoms with E-state index in [-0.39, 0.29) is 23.7 Å². The topological polar surface area (TPSA) is 67.4 Å². The van der Waals surface area contributed by atoms with Gasteiger partial charge in [-0.3, -0.25) is 9.59 Å². The van der Waals surface area contributed by atoms with E-state index in [0.29, 0.717) is 13.1 Å². The number of nitrogens with one attached hydrogen (secondary N) is 2. The molecule has 0 heterocycles. The number of hydrogen-bond donors (Lipinski definition) is 2. The molecule has 5 heteroatoms. The van der Waals surface area contributed by atoms with Crippen LogP contribution >= 0.6 is 0 Å². The lowest BCUT2D eigenvalue weighted by molar-refractivity contribution is -0.130. The zero-order valence-corrected chi connectivity index (χ0v) is 17.0. The van der Waals surface area contributed by atoms with Gasteiger partial charge in [-0.1, -0.05) is 42.5 Å². The molecule has 2 aromatic rings. The molecule has 5 nitrogen and oxygen atoms in total. The first-order valence-corrected chi connectivity index (χ1v) is 10.4. The number of benzene rings is 2. The quantitative estimate of drug-likeness (QED) is 0.720. The fourth-order valence-corrected chi connectivity index (χ4v) is 3.81. The van der Waals surface area contributed by atoms with Crippen molar-refractivity contribution in [3.8, 4) is 5.75 Å². The monoisotopic (exact) mass is 394 g/mol. The van der Waals surface area contributed by atoms with E-state index in [9.17, 15) is 9.59 Å². The Morgan fingerprint density at radius 2 is 1.41 bits per heavy atom. The molecular formula is C24H30N2O3. The molecule has 29 heavy (non-hydrogen) atoms. The summed E-state index contributed by atoms with van der Waals surface area (Å²) in [5.41, 5.74) is 2.27. The molecule has 0 radical (unpaired) electrons. The van der Waals surface area contributed by atoms with Crippen molar-refractivity contribution in [3.05, 3.63) is 65.7 Å². The SMILES string of the molecule is COc1ccc(CCNC(=O)C2CCC(C(=O)NCc3ccccc3)CC2)cc1. The number of ether oxygens (including phenoxy) is 1. The van der Waals surface area contributed by atoms with E-state index >= 15 is 0 Å². The standard InChI is InChI=1S/C24H30N2O3/c1-29-22-13-7-18(8-14-22)15-16-25-23(27)20-9-11-21(12-10-20)24(28)26-17-19-5-3-2-4-6-19/h2-8,13-14,20-21H,9-12,15-17H2,1H3,(H,25,27)(H,26,28). The van der Waals surface area contributed by atoms with Crippen molar-refractivity contribution in [2.75, 3.05) is 13.7 Å². The van der Waals surface area contributed by atoms with Gasteiger partial charge < -0.3 is 15.4 Å². The summed E-state index contributed by atoms with van der Waals surface area (Å²) in [6.07, 6.45) is 3.90. The Kier molecular flexibility index (Phi) is 7.68. The molecule has 1 aliphatic carbocycles. The minimum atomic E-state index is 0.0158. The molecule has 0 unspecified atom stereocenters. The van der Waals surface area contributed by atoms with E-state index in [4.69, 9.17) is 4.74 Å². The van der Waals surface area contributed by atoms with Crippen LogP contribution in [0.3, 0.4) is 0 Å². The molecule has 2 N–H and O–H groups in total. The molecule has 0 atom stereocenters. The van der Waals surface area contributed by atoms with Crippen LogP contribution in [-0.4, -0.2) is 25.5 Å². The lowest BCUT2D eigenvalue weighted by Crippen LogP contribution is -2.37. The van der Waals surface area contributed by atoms with Crippen molar-refractivity contribution < 1.29 is 14.3 Å². The zero-order valence-electron chi connectivity index (χ0n) is 17.0. The second kappa shape index (κ2) is 10.6. The van der Waals surface area contributed by atoms with Crippen molar-refractivity contribution in [2.45, 2.75) is 38.6 Å². The van der Waals surface area contributed by atoms with Gasteiger partial charge in [-0.15, -0.1) is 0 Å². The number of carbonyl (C=O) groups excluding carboxylic acids is 2. The minimum absolute atomic E-state index is 0.0158. The van der Waals surface area contributed by atoms with Crippen LogP contribution in [0.1, 0.15) is 36.8 Å². The van der Waals surface area contributed by atoms with Crippen LogP contribution in [0.15, 0.2) is 54.6 Å². The Balaban J connectivity index is 1.34. The molecule has 1 fully saturated rings. The summed E-state index contributed by atoms with van der Waals surface area (Å²) in [5.74, 6) is 1.09. The molecule has 0 spiro atoms. The van der Waals surface area contributed by atoms with E-state index in [2.05, 4.69) is 10.6 Å². The van der Waals surface area contributed by atoms with Gasteiger partial charge in [0.05, 0.1) is 7.11 Å². The van der Waals surface area contributed by atoms with Crippen molar-refractivity contribution in [2.24, 2.45) is 11.8 Å². The van der Waals surface area contributed by atoms with Crippen LogP contribution in [0, 0.1) is 11.8 Å². The molecule has 0 saturated heterocycles. The molecule has 0 aromatic heterocycles. The second-order valence-corrected chi connectivity index (χ2v) is 7.64. The molecule has 3 rings (SSSR count). The number of amides is 2. The van der Waals surface area contributed by atoms with Gasteiger partial charge in [0.1, 0.15) is 5.75 Å². The summed E-state index contributed by atoms with van der Waals surface area (Å²) < 4.78 is 5.16. The van der Waals surface area contributed by atoms with Gasteiger partial charge in [0.25, 0.3) is 0 Å². The second-order valence-electron chi connectivity index (χ2n) is 7.64. The van der Waals surface area contributed by atoms with E-state index in [0.717, 1.165) is 43.4 Å². The predicted molar refractivity (Wildman–Crippen MR) is 113 cm³/mol. The van der Waals surface area contributed by atoms with Crippen LogP contribution in [-0.2, 0) is 22.6 Å². The predicted octanol–water partition coefficient (Wildman–Crippen LogP) is 3.48. The highest BCUT2D eigenvalue weighted by atomic mass is 16.5. The Labute approximate surface area is 172 Å². The highest BCUT2D eigenvalue weighted by Gasteiger charge is 2.29. The third kappa shape index (κ3) is 6.34. The van der Waals surface area contributed by atoms with E-state index in [1.54, 1.807) is 7.11 Å². The fourth-order valence-electron chi connectivity index (χ4n) is 3.81. The highest BCUT2D eigenvalue weighted by molar-refractivity contribution is 5.81. The summed E-state index contributed by atoms with van der Waals surface area (Å²) >= 11 is 0. The van der Waals surface area contributed by atoms with Gasteiger partial charge in [0.2, 0.25) is 11.8 Å². The fraction of sp³-hybridized carbons (Fsp3) is 0.417. The number of methoxy groups -OCH3 is 1. The van der Waals surface area contributed by atoms with E-state index in [1.165, 1.54) is 5.56 Å². The first-order valence-electron chi connectivity index (χ1n) is 10.4. The maximum atomic E-state index is 12.4. The van der Waals surface area contributed by atoms with E-state index in [1.807, 2.05) is 54.6 Å². The summed E-state index contributed by atoms with van der Waals surface area (Å²) in [5, 5.41) is 6.07. The van der Waals surface area contributed by atoms with Gasteiger partial charge >= 0.3 is 0 Å². The summed E-state index contributed by atoms with van der Waals surface area (Å²) in [7, 11) is 1.65. The van der Waals surface area contributed by atoms with Crippen LogP contribution < -0.4 is 15.4 Å². The van der Waals surface area contributed by atoms with Gasteiger partial charge in [0, 0.05) is 24.9 Å². The maximum absolute atomic E-state index is 12.4. The molecular weight excluding hydrogens is 364 g/mol. The molecule has 2 aromatic carbocycles. The maximum Gasteiger partial charge on any atom is 0.223 e. The van der Waals surface area contributed by atoms with Crippen LogP contribution in [0.2, 0.25) is 0 Å². The zero-order chi connectivity index (χ0) is 20.5. The van der Waals surface area contributed by atoms with Gasteiger partial charge in [-0.2, -0.15) is 0 Å². The van der Waals surface area contributed by atoms with Gasteiger partial charge in [-0.25, -0.2) is 0 Å². The van der Waals surface area contributed by atoms with E-state index < -0.39 is 0 Å². The lowest BCUT2D eigenvalue weighted by Gasteiger charge is -2.27. The largest absolute Gasteiger partial charge is 0.497 e. The van der Waals surface area contributed by atoms with Gasteiger partial charge in [-0.05, 0) is 55.4 Å². The Morgan fingerprint density at radius 1 is 0.828 bits per heavy atom. The van der Waals surface area contributed by atoms with Crippen molar-refractivity contribution in [1.82, 2.24) is 10.6 Å². The lowest BCUT2D eigenvalue weighted by atomic mass is 9.81. The first-order chi connectivity index (χ1) is 14.2. The Bertz CT molecular complexity index is 782. The molecule has 2 amide bonds. The van der Waals surface area contributed by atoms with Crippen LogP contribution in [0.4, 0.5) is 0 Å². The third-order valence-electron chi connectivity index (χ3n) is 5.65. The molecule has 154 valence electrons. The summed E-state index contributed by atoms with van der Waals surface area (Å²) in [6.45, 7) is 1.19. The molecule has 1 saturated carbocycles. The normalized spacial score (nSPS) is 18.7. The summed E-state index contributed by atoms with van der Waals surface area (Å²) in [6, 6.07) is 17.8. The van der Waals surface area contributed by atoms with Crippen LogP contribution in [0.25, 0.3) is 0 Å². The smallest absolute Gasteiger partial charge is 0.223 e. The first kappa shape index (κ1) is 20.9. The minimum Gasteiger partial charge on any atom is -0.497 e. The Hall–Kier alpha value is -2.82. The van der Waals surface area contributed by atoms with Crippen molar-refractivity contribution in [3.63, 3.8) is 0 Å². The Morgan fingerprint density at radius 3 is 2.00 bits per heavy atom. The van der Waals surface area contributed by atoms with Crippen LogP contribution in [0.5, 0.6) is 5.75 Å². The van der Waals surface area contributed by atoms with Gasteiger partial charge in [0.15, 0.2) is 0 Å². The highest BCUT2D eigenvalue weighted by Crippen LogP contribution is 2.29. The number of hydrogen-bond acceptors (Lipinski definition) is 3. The average Bonchev–Trinajstić information content (AvgIpc) is 2.78. The van der Waals surface area contributed by atoms with Crippen molar-refractivity contribution >= 4 is 11.8 Å². The van der Waals surface area contributed by atoms with Crippen molar-refractivity contribution in [1.29, 1.82) is 0 Å². The third-order valence-corrected chi connectivity index (χ3v) is 5.65. The molecule has 0 bridgehead atoms. The number of carbonyl (C=O) groups is 2. The average molecular weight is 395 g/mol.